The summed E-state index contributed by atoms with van der Waals surface area (Å²) in [6, 6.07) is 4.55. The number of hydrogen-bond acceptors (Lipinski definition) is 2. The van der Waals surface area contributed by atoms with Crippen LogP contribution in [0.1, 0.15) is 58.6 Å². The normalized spacial score (nSPS) is 22.8. The van der Waals surface area contributed by atoms with Crippen LogP contribution in [0.4, 0.5) is 4.39 Å². The first-order chi connectivity index (χ1) is 9.79. The maximum absolute atomic E-state index is 14.0. The van der Waals surface area contributed by atoms with Gasteiger partial charge in [-0.25, -0.2) is 4.39 Å². The topological polar surface area (TPSA) is 23.5 Å². The lowest BCUT2D eigenvalue weighted by Gasteiger charge is -2.31. The van der Waals surface area contributed by atoms with Crippen molar-refractivity contribution in [2.24, 2.45) is 11.3 Å². The monoisotopic (exact) mass is 293 g/mol. The first-order valence-electron chi connectivity index (χ1n) is 8.01. The van der Waals surface area contributed by atoms with Crippen molar-refractivity contribution in [1.82, 2.24) is 4.90 Å². The van der Waals surface area contributed by atoms with Gasteiger partial charge in [0, 0.05) is 17.7 Å². The average molecular weight is 293 g/mol. The minimum absolute atomic E-state index is 0.00730. The van der Waals surface area contributed by atoms with E-state index in [-0.39, 0.29) is 17.6 Å². The van der Waals surface area contributed by atoms with E-state index in [0.717, 1.165) is 19.0 Å². The minimum Gasteiger partial charge on any atom is -0.508 e. The number of hydrogen-bond donors (Lipinski definition) is 1. The molecule has 1 fully saturated rings. The first kappa shape index (κ1) is 16.3. The molecule has 2 atom stereocenters. The summed E-state index contributed by atoms with van der Waals surface area (Å²) in [5.41, 5.74) is 1.03. The van der Waals surface area contributed by atoms with Gasteiger partial charge in [0.15, 0.2) is 0 Å². The smallest absolute Gasteiger partial charge is 0.131 e. The predicted octanol–water partition coefficient (Wildman–Crippen LogP) is 4.74. The van der Waals surface area contributed by atoms with Crippen LogP contribution in [0.3, 0.4) is 0 Å². The molecule has 2 unspecified atom stereocenters. The highest BCUT2D eigenvalue weighted by molar-refractivity contribution is 5.29. The van der Waals surface area contributed by atoms with Crippen LogP contribution in [0, 0.1) is 17.2 Å². The molecular weight excluding hydrogens is 265 g/mol. The van der Waals surface area contributed by atoms with Gasteiger partial charge < -0.3 is 5.11 Å². The molecule has 0 spiro atoms. The number of rotatable bonds is 2. The molecule has 1 N–H and O–H groups in total. The minimum atomic E-state index is -0.306. The van der Waals surface area contributed by atoms with Gasteiger partial charge >= 0.3 is 0 Å². The van der Waals surface area contributed by atoms with E-state index in [0.29, 0.717) is 11.0 Å². The number of likely N-dealkylation sites (tertiary alicyclic amines) is 1. The summed E-state index contributed by atoms with van der Waals surface area (Å²) in [7, 11) is 0. The zero-order chi connectivity index (χ0) is 15.6. The molecular formula is C18H28FNO. The molecule has 1 aromatic rings. The van der Waals surface area contributed by atoms with Gasteiger partial charge in [-0.1, -0.05) is 26.8 Å². The number of phenols is 1. The molecule has 118 valence electrons. The second-order valence-corrected chi connectivity index (χ2v) is 7.41. The van der Waals surface area contributed by atoms with Crippen molar-refractivity contribution >= 4 is 0 Å². The van der Waals surface area contributed by atoms with Crippen molar-refractivity contribution < 1.29 is 9.50 Å². The molecule has 21 heavy (non-hydrogen) atoms. The van der Waals surface area contributed by atoms with Crippen LogP contribution in [-0.4, -0.2) is 23.1 Å². The Morgan fingerprint density at radius 3 is 2.57 bits per heavy atom. The Kier molecular flexibility index (Phi) is 4.92. The summed E-state index contributed by atoms with van der Waals surface area (Å²) in [5.74, 6) is 0.422. The summed E-state index contributed by atoms with van der Waals surface area (Å²) in [6.07, 6.45) is 3.60. The molecule has 2 nitrogen and oxygen atoms in total. The van der Waals surface area contributed by atoms with E-state index in [1.807, 2.05) is 0 Å². The molecule has 2 rings (SSSR count). The van der Waals surface area contributed by atoms with Crippen LogP contribution >= 0.6 is 0 Å². The number of nitrogens with zero attached hydrogens (tertiary/aromatic N) is 1. The number of halogens is 1. The maximum Gasteiger partial charge on any atom is 0.131 e. The van der Waals surface area contributed by atoms with Crippen LogP contribution in [-0.2, 0) is 0 Å². The van der Waals surface area contributed by atoms with Gasteiger partial charge in [0.25, 0.3) is 0 Å². The molecule has 0 aromatic heterocycles. The van der Waals surface area contributed by atoms with E-state index in [1.165, 1.54) is 25.3 Å². The second kappa shape index (κ2) is 6.35. The molecule has 0 amide bonds. The van der Waals surface area contributed by atoms with Crippen molar-refractivity contribution in [3.8, 4) is 5.75 Å². The molecule has 0 saturated carbocycles. The van der Waals surface area contributed by atoms with E-state index in [1.54, 1.807) is 12.1 Å². The Hall–Kier alpha value is -1.09. The lowest BCUT2D eigenvalue weighted by molar-refractivity contribution is 0.187. The number of benzene rings is 1. The quantitative estimate of drug-likeness (QED) is 0.851. The van der Waals surface area contributed by atoms with E-state index in [9.17, 15) is 9.50 Å². The molecule has 0 bridgehead atoms. The maximum atomic E-state index is 14.0. The third-order valence-electron chi connectivity index (χ3n) is 4.97. The largest absolute Gasteiger partial charge is 0.508 e. The number of phenolic OH excluding ortho intramolecular Hbond substituents is 1. The second-order valence-electron chi connectivity index (χ2n) is 7.41. The van der Waals surface area contributed by atoms with Crippen molar-refractivity contribution in [2.75, 3.05) is 13.1 Å². The van der Waals surface area contributed by atoms with Gasteiger partial charge in [0.2, 0.25) is 0 Å². The average Bonchev–Trinajstić information content (AvgIpc) is 2.63. The predicted molar refractivity (Wildman–Crippen MR) is 84.8 cm³/mol. The lowest BCUT2D eigenvalue weighted by Crippen LogP contribution is -2.29. The zero-order valence-corrected chi connectivity index (χ0v) is 13.7. The Morgan fingerprint density at radius 1 is 1.24 bits per heavy atom. The van der Waals surface area contributed by atoms with Crippen molar-refractivity contribution in [2.45, 2.75) is 53.0 Å². The molecule has 0 radical (unpaired) electrons. The SMILES string of the molecule is CC(c1ccc(O)cc1F)N1CCCC(C(C)(C)C)CC1. The van der Waals surface area contributed by atoms with Crippen LogP contribution in [0.5, 0.6) is 5.75 Å². The molecule has 1 aliphatic rings. The summed E-state index contributed by atoms with van der Waals surface area (Å²) >= 11 is 0. The molecule has 1 heterocycles. The van der Waals surface area contributed by atoms with Crippen molar-refractivity contribution in [3.63, 3.8) is 0 Å². The zero-order valence-electron chi connectivity index (χ0n) is 13.7. The highest BCUT2D eigenvalue weighted by Gasteiger charge is 2.29. The van der Waals surface area contributed by atoms with E-state index in [2.05, 4.69) is 32.6 Å². The molecule has 0 aliphatic carbocycles. The third-order valence-corrected chi connectivity index (χ3v) is 4.97. The Morgan fingerprint density at radius 2 is 1.95 bits per heavy atom. The molecule has 1 aliphatic heterocycles. The van der Waals surface area contributed by atoms with Gasteiger partial charge in [0.05, 0.1) is 0 Å². The summed E-state index contributed by atoms with van der Waals surface area (Å²) in [4.78, 5) is 2.38. The van der Waals surface area contributed by atoms with Crippen LogP contribution in [0.2, 0.25) is 0 Å². The van der Waals surface area contributed by atoms with E-state index < -0.39 is 0 Å². The van der Waals surface area contributed by atoms with Gasteiger partial charge in [-0.2, -0.15) is 0 Å². The van der Waals surface area contributed by atoms with Gasteiger partial charge in [-0.05, 0) is 56.7 Å². The summed E-state index contributed by atoms with van der Waals surface area (Å²) in [6.45, 7) is 11.0. The summed E-state index contributed by atoms with van der Waals surface area (Å²) in [5, 5.41) is 9.35. The van der Waals surface area contributed by atoms with Crippen LogP contribution < -0.4 is 0 Å². The van der Waals surface area contributed by atoms with Crippen molar-refractivity contribution in [3.05, 3.63) is 29.6 Å². The Balaban J connectivity index is 2.08. The molecule has 1 saturated heterocycles. The first-order valence-corrected chi connectivity index (χ1v) is 8.01. The third kappa shape index (κ3) is 3.97. The lowest BCUT2D eigenvalue weighted by atomic mass is 9.77. The fraction of sp³-hybridized carbons (Fsp3) is 0.667. The molecule has 3 heteroatoms. The summed E-state index contributed by atoms with van der Waals surface area (Å²) < 4.78 is 14.0. The highest BCUT2D eigenvalue weighted by atomic mass is 19.1. The van der Waals surface area contributed by atoms with Crippen LogP contribution in [0.15, 0.2) is 18.2 Å². The van der Waals surface area contributed by atoms with Crippen molar-refractivity contribution in [1.29, 1.82) is 0 Å². The van der Waals surface area contributed by atoms with Gasteiger partial charge in [-0.15, -0.1) is 0 Å². The van der Waals surface area contributed by atoms with E-state index in [4.69, 9.17) is 0 Å². The fourth-order valence-electron chi connectivity index (χ4n) is 3.42. The van der Waals surface area contributed by atoms with Crippen LogP contribution in [0.25, 0.3) is 0 Å². The Bertz CT molecular complexity index is 481. The highest BCUT2D eigenvalue weighted by Crippen LogP contribution is 2.36. The van der Waals surface area contributed by atoms with Gasteiger partial charge in [0.1, 0.15) is 11.6 Å². The fourth-order valence-corrected chi connectivity index (χ4v) is 3.42. The Labute approximate surface area is 128 Å². The number of aromatic hydroxyl groups is 1. The van der Waals surface area contributed by atoms with Gasteiger partial charge in [-0.3, -0.25) is 4.90 Å². The standard InChI is InChI=1S/C18H28FNO/c1-13(16-8-7-15(21)12-17(16)19)20-10-5-6-14(9-11-20)18(2,3)4/h7-8,12-14,21H,5-6,9-11H2,1-4H3. The van der Waals surface area contributed by atoms with E-state index >= 15 is 0 Å². The molecule has 1 aromatic carbocycles.